The first-order valence-corrected chi connectivity index (χ1v) is 4.17. The highest BCUT2D eigenvalue weighted by molar-refractivity contribution is 5.36. The van der Waals surface area contributed by atoms with Crippen molar-refractivity contribution in [2.75, 3.05) is 31.2 Å². The van der Waals surface area contributed by atoms with Crippen LogP contribution >= 0.6 is 0 Å². The predicted molar refractivity (Wildman–Crippen MR) is 45.0 cm³/mol. The molecule has 0 radical (unpaired) electrons. The summed E-state index contributed by atoms with van der Waals surface area (Å²) in [5.74, 6) is -0.185. The smallest absolute Gasteiger partial charge is 0.255 e. The molecule has 2 heterocycles. The summed E-state index contributed by atoms with van der Waals surface area (Å²) in [4.78, 5) is 9.32. The Kier molecular flexibility index (Phi) is 2.35. The summed E-state index contributed by atoms with van der Waals surface area (Å²) >= 11 is 0. The molecule has 1 aliphatic heterocycles. The Morgan fingerprint density at radius 2 is 1.92 bits per heavy atom. The fourth-order valence-corrected chi connectivity index (χ4v) is 1.30. The molecule has 0 N–H and O–H groups in total. The quantitative estimate of drug-likeness (QED) is 0.633. The van der Waals surface area contributed by atoms with Gasteiger partial charge in [-0.25, -0.2) is 9.97 Å². The van der Waals surface area contributed by atoms with Crippen molar-refractivity contribution in [3.05, 3.63) is 18.3 Å². The summed E-state index contributed by atoms with van der Waals surface area (Å²) in [5.41, 5.74) is 0. The standard InChI is InChI=1S/C8H10FN3O/c9-7-8(11-2-1-10-7)12-3-5-13-6-4-12/h1-2H,3-6H2. The first-order chi connectivity index (χ1) is 6.38. The number of anilines is 1. The first kappa shape index (κ1) is 8.37. The zero-order valence-electron chi connectivity index (χ0n) is 7.11. The molecule has 1 aliphatic rings. The van der Waals surface area contributed by atoms with E-state index >= 15 is 0 Å². The Morgan fingerprint density at radius 1 is 1.23 bits per heavy atom. The van der Waals surface area contributed by atoms with E-state index in [1.807, 2.05) is 4.90 Å². The van der Waals surface area contributed by atoms with E-state index in [2.05, 4.69) is 9.97 Å². The second kappa shape index (κ2) is 3.66. The predicted octanol–water partition coefficient (Wildman–Crippen LogP) is 0.452. The van der Waals surface area contributed by atoms with E-state index in [4.69, 9.17) is 4.74 Å². The number of nitrogens with zero attached hydrogens (tertiary/aromatic N) is 3. The van der Waals surface area contributed by atoms with E-state index in [1.54, 1.807) is 0 Å². The van der Waals surface area contributed by atoms with Crippen molar-refractivity contribution in [1.82, 2.24) is 9.97 Å². The summed E-state index contributed by atoms with van der Waals surface area (Å²) in [6, 6.07) is 0. The average Bonchev–Trinajstić information content (AvgIpc) is 2.20. The Balaban J connectivity index is 2.18. The molecule has 0 aromatic carbocycles. The molecule has 5 heteroatoms. The van der Waals surface area contributed by atoms with Gasteiger partial charge in [-0.3, -0.25) is 0 Å². The molecular formula is C8H10FN3O. The van der Waals surface area contributed by atoms with Crippen molar-refractivity contribution in [1.29, 1.82) is 0 Å². The highest BCUT2D eigenvalue weighted by atomic mass is 19.1. The van der Waals surface area contributed by atoms with Gasteiger partial charge in [0.2, 0.25) is 0 Å². The molecule has 0 atom stereocenters. The second-order valence-corrected chi connectivity index (χ2v) is 2.77. The van der Waals surface area contributed by atoms with Crippen LogP contribution in [0.2, 0.25) is 0 Å². The minimum Gasteiger partial charge on any atom is -0.378 e. The summed E-state index contributed by atoms with van der Waals surface area (Å²) in [7, 11) is 0. The van der Waals surface area contributed by atoms with Crippen LogP contribution < -0.4 is 4.90 Å². The number of morpholine rings is 1. The Bertz CT molecular complexity index is 288. The molecule has 0 aliphatic carbocycles. The van der Waals surface area contributed by atoms with Crippen LogP contribution in [-0.2, 0) is 4.74 Å². The number of hydrogen-bond acceptors (Lipinski definition) is 4. The second-order valence-electron chi connectivity index (χ2n) is 2.77. The van der Waals surface area contributed by atoms with E-state index in [0.717, 1.165) is 0 Å². The molecule has 1 saturated heterocycles. The van der Waals surface area contributed by atoms with Gasteiger partial charge in [0.1, 0.15) is 0 Å². The van der Waals surface area contributed by atoms with Crippen molar-refractivity contribution in [2.24, 2.45) is 0 Å². The molecule has 1 aromatic rings. The Labute approximate surface area is 75.4 Å². The fraction of sp³-hybridized carbons (Fsp3) is 0.500. The monoisotopic (exact) mass is 183 g/mol. The van der Waals surface area contributed by atoms with Crippen molar-refractivity contribution in [3.63, 3.8) is 0 Å². The van der Waals surface area contributed by atoms with Crippen molar-refractivity contribution < 1.29 is 9.13 Å². The van der Waals surface area contributed by atoms with Gasteiger partial charge in [0.05, 0.1) is 13.2 Å². The van der Waals surface area contributed by atoms with Crippen LogP contribution in [0.4, 0.5) is 10.2 Å². The SMILES string of the molecule is Fc1nccnc1N1CCOCC1. The van der Waals surface area contributed by atoms with Crippen LogP contribution in [0, 0.1) is 5.95 Å². The van der Waals surface area contributed by atoms with Gasteiger partial charge in [-0.05, 0) is 0 Å². The van der Waals surface area contributed by atoms with Crippen LogP contribution in [0.5, 0.6) is 0 Å². The summed E-state index contributed by atoms with van der Waals surface area (Å²) in [6.45, 7) is 2.59. The van der Waals surface area contributed by atoms with Crippen LogP contribution in [-0.4, -0.2) is 36.3 Å². The summed E-state index contributed by atoms with van der Waals surface area (Å²) < 4.78 is 18.3. The van der Waals surface area contributed by atoms with Gasteiger partial charge in [-0.2, -0.15) is 4.39 Å². The van der Waals surface area contributed by atoms with E-state index in [1.165, 1.54) is 12.4 Å². The van der Waals surface area contributed by atoms with Gasteiger partial charge in [-0.1, -0.05) is 0 Å². The molecule has 0 unspecified atom stereocenters. The lowest BCUT2D eigenvalue weighted by Gasteiger charge is -2.27. The van der Waals surface area contributed by atoms with Gasteiger partial charge in [0, 0.05) is 25.5 Å². The van der Waals surface area contributed by atoms with Crippen molar-refractivity contribution in [2.45, 2.75) is 0 Å². The molecular weight excluding hydrogens is 173 g/mol. The number of hydrogen-bond donors (Lipinski definition) is 0. The molecule has 0 saturated carbocycles. The zero-order valence-corrected chi connectivity index (χ0v) is 7.11. The maximum atomic E-state index is 13.1. The number of ether oxygens (including phenoxy) is 1. The normalized spacial score (nSPS) is 17.5. The highest BCUT2D eigenvalue weighted by Gasteiger charge is 2.16. The molecule has 0 spiro atoms. The van der Waals surface area contributed by atoms with Crippen molar-refractivity contribution in [3.8, 4) is 0 Å². The number of aromatic nitrogens is 2. The van der Waals surface area contributed by atoms with Gasteiger partial charge in [0.25, 0.3) is 5.95 Å². The minimum atomic E-state index is -0.510. The highest BCUT2D eigenvalue weighted by Crippen LogP contribution is 2.13. The molecule has 0 bridgehead atoms. The zero-order chi connectivity index (χ0) is 9.10. The Hall–Kier alpha value is -1.23. The van der Waals surface area contributed by atoms with E-state index in [9.17, 15) is 4.39 Å². The van der Waals surface area contributed by atoms with Gasteiger partial charge in [0.15, 0.2) is 5.82 Å². The number of rotatable bonds is 1. The van der Waals surface area contributed by atoms with Crippen molar-refractivity contribution >= 4 is 5.82 Å². The van der Waals surface area contributed by atoms with Gasteiger partial charge in [-0.15, -0.1) is 0 Å². The molecule has 4 nitrogen and oxygen atoms in total. The van der Waals surface area contributed by atoms with Crippen LogP contribution in [0.1, 0.15) is 0 Å². The molecule has 1 fully saturated rings. The lowest BCUT2D eigenvalue weighted by molar-refractivity contribution is 0.122. The number of halogens is 1. The lowest BCUT2D eigenvalue weighted by atomic mass is 10.4. The maximum absolute atomic E-state index is 13.1. The minimum absolute atomic E-state index is 0.325. The maximum Gasteiger partial charge on any atom is 0.255 e. The third-order valence-electron chi connectivity index (χ3n) is 1.95. The third kappa shape index (κ3) is 1.75. The first-order valence-electron chi connectivity index (χ1n) is 4.17. The van der Waals surface area contributed by atoms with Crippen LogP contribution in [0.3, 0.4) is 0 Å². The Morgan fingerprint density at radius 3 is 2.62 bits per heavy atom. The van der Waals surface area contributed by atoms with Gasteiger partial charge < -0.3 is 9.64 Å². The molecule has 0 amide bonds. The molecule has 1 aromatic heterocycles. The van der Waals surface area contributed by atoms with E-state index in [-0.39, 0.29) is 0 Å². The van der Waals surface area contributed by atoms with Gasteiger partial charge >= 0.3 is 0 Å². The summed E-state index contributed by atoms with van der Waals surface area (Å²) in [6.07, 6.45) is 2.84. The molecule has 2 rings (SSSR count). The molecule has 70 valence electrons. The van der Waals surface area contributed by atoms with E-state index in [0.29, 0.717) is 32.1 Å². The topological polar surface area (TPSA) is 38.2 Å². The molecule has 13 heavy (non-hydrogen) atoms. The van der Waals surface area contributed by atoms with E-state index < -0.39 is 5.95 Å². The largest absolute Gasteiger partial charge is 0.378 e. The fourth-order valence-electron chi connectivity index (χ4n) is 1.30. The summed E-state index contributed by atoms with van der Waals surface area (Å²) in [5, 5.41) is 0. The average molecular weight is 183 g/mol. The third-order valence-corrected chi connectivity index (χ3v) is 1.95. The lowest BCUT2D eigenvalue weighted by Crippen LogP contribution is -2.37. The van der Waals surface area contributed by atoms with Crippen LogP contribution in [0.25, 0.3) is 0 Å². The van der Waals surface area contributed by atoms with Crippen LogP contribution in [0.15, 0.2) is 12.4 Å².